The van der Waals surface area contributed by atoms with Crippen molar-refractivity contribution in [2.75, 3.05) is 19.6 Å². The number of hydrogen-bond donors (Lipinski definition) is 0. The molecule has 27 heavy (non-hydrogen) atoms. The van der Waals surface area contributed by atoms with E-state index in [9.17, 15) is 18.0 Å². The number of halogens is 3. The highest BCUT2D eigenvalue weighted by atomic mass is 19.4. The number of para-hydroxylation sites is 1. The third-order valence-electron chi connectivity index (χ3n) is 5.00. The molecule has 1 aliphatic heterocycles. The van der Waals surface area contributed by atoms with Gasteiger partial charge in [-0.1, -0.05) is 18.2 Å². The topological polar surface area (TPSA) is 34.5 Å². The lowest BCUT2D eigenvalue weighted by Crippen LogP contribution is -2.47. The second-order valence-electron chi connectivity index (χ2n) is 7.12. The van der Waals surface area contributed by atoms with E-state index in [1.165, 1.54) is 12.3 Å². The highest BCUT2D eigenvalue weighted by Gasteiger charge is 2.34. The van der Waals surface area contributed by atoms with Crippen molar-refractivity contribution < 1.29 is 17.9 Å². The van der Waals surface area contributed by atoms with Crippen molar-refractivity contribution in [2.24, 2.45) is 0 Å². The summed E-state index contributed by atoms with van der Waals surface area (Å²) in [4.78, 5) is 14.2. The van der Waals surface area contributed by atoms with Crippen molar-refractivity contribution in [1.82, 2.24) is 9.47 Å². The molecule has 3 rings (SSSR count). The van der Waals surface area contributed by atoms with Crippen LogP contribution in [-0.2, 0) is 12.7 Å². The number of aromatic nitrogens is 1. The lowest BCUT2D eigenvalue weighted by molar-refractivity contribution is -0.139. The van der Waals surface area contributed by atoms with Crippen molar-refractivity contribution >= 4 is 0 Å². The molecule has 1 saturated heterocycles. The molecule has 4 nitrogen and oxygen atoms in total. The van der Waals surface area contributed by atoms with Crippen LogP contribution in [0.25, 0.3) is 0 Å². The molecule has 2 heterocycles. The standard InChI is InChI=1S/C20H23F3N2O2/c1-19(27-16-6-3-2-4-7-16)9-12-24(13-10-19)14-15-25-11-5-8-17(18(25)26)20(21,22)23/h2-8,11H,9-10,12-15H2,1H3. The lowest BCUT2D eigenvalue weighted by Gasteiger charge is -2.39. The fourth-order valence-corrected chi connectivity index (χ4v) is 3.30. The molecule has 1 aliphatic rings. The third kappa shape index (κ3) is 4.91. The fraction of sp³-hybridized carbons (Fsp3) is 0.450. The SMILES string of the molecule is CC1(Oc2ccccc2)CCN(CCn2cccc(C(F)(F)F)c2=O)CC1. The van der Waals surface area contributed by atoms with Gasteiger partial charge < -0.3 is 14.2 Å². The van der Waals surface area contributed by atoms with E-state index in [4.69, 9.17) is 4.74 Å². The number of nitrogens with zero attached hydrogens (tertiary/aromatic N) is 2. The van der Waals surface area contributed by atoms with Gasteiger partial charge in [0.1, 0.15) is 16.9 Å². The first-order valence-electron chi connectivity index (χ1n) is 9.00. The molecular weight excluding hydrogens is 357 g/mol. The van der Waals surface area contributed by atoms with Crippen LogP contribution in [0.3, 0.4) is 0 Å². The zero-order valence-electron chi connectivity index (χ0n) is 15.2. The number of likely N-dealkylation sites (tertiary alicyclic amines) is 1. The molecule has 0 aliphatic carbocycles. The van der Waals surface area contributed by atoms with E-state index in [2.05, 4.69) is 11.8 Å². The van der Waals surface area contributed by atoms with E-state index >= 15 is 0 Å². The minimum Gasteiger partial charge on any atom is -0.487 e. The van der Waals surface area contributed by atoms with E-state index in [1.54, 1.807) is 0 Å². The summed E-state index contributed by atoms with van der Waals surface area (Å²) in [6.45, 7) is 4.39. The first-order valence-corrected chi connectivity index (χ1v) is 9.00. The zero-order chi connectivity index (χ0) is 19.5. The Balaban J connectivity index is 1.55. The Bertz CT molecular complexity index is 810. The molecule has 1 fully saturated rings. The zero-order valence-corrected chi connectivity index (χ0v) is 15.2. The smallest absolute Gasteiger partial charge is 0.421 e. The van der Waals surface area contributed by atoms with Gasteiger partial charge in [-0.2, -0.15) is 13.2 Å². The minimum atomic E-state index is -4.62. The minimum absolute atomic E-state index is 0.235. The van der Waals surface area contributed by atoms with Gasteiger partial charge in [-0.25, -0.2) is 0 Å². The molecule has 0 amide bonds. The van der Waals surface area contributed by atoms with Gasteiger partial charge >= 0.3 is 6.18 Å². The maximum Gasteiger partial charge on any atom is 0.421 e. The Morgan fingerprint density at radius 1 is 1.04 bits per heavy atom. The fourth-order valence-electron chi connectivity index (χ4n) is 3.30. The summed E-state index contributed by atoms with van der Waals surface area (Å²) in [5.41, 5.74) is -2.36. The van der Waals surface area contributed by atoms with Gasteiger partial charge in [-0.15, -0.1) is 0 Å². The van der Waals surface area contributed by atoms with Crippen LogP contribution in [0.5, 0.6) is 5.75 Å². The Kier molecular flexibility index (Phi) is 5.60. The van der Waals surface area contributed by atoms with Gasteiger partial charge in [-0.3, -0.25) is 4.79 Å². The summed E-state index contributed by atoms with van der Waals surface area (Å²) in [6, 6.07) is 11.8. The first-order chi connectivity index (χ1) is 12.8. The van der Waals surface area contributed by atoms with Crippen LogP contribution in [0.1, 0.15) is 25.3 Å². The Labute approximate surface area is 156 Å². The summed E-state index contributed by atoms with van der Waals surface area (Å²) < 4.78 is 45.8. The summed E-state index contributed by atoms with van der Waals surface area (Å²) in [6.07, 6.45) is -1.58. The summed E-state index contributed by atoms with van der Waals surface area (Å²) in [5, 5.41) is 0. The van der Waals surface area contributed by atoms with Crippen molar-refractivity contribution in [3.63, 3.8) is 0 Å². The maximum atomic E-state index is 12.9. The van der Waals surface area contributed by atoms with Gasteiger partial charge in [-0.05, 0) is 44.0 Å². The quantitative estimate of drug-likeness (QED) is 0.791. The van der Waals surface area contributed by atoms with E-state index in [0.29, 0.717) is 6.54 Å². The van der Waals surface area contributed by atoms with Crippen molar-refractivity contribution in [3.05, 3.63) is 64.6 Å². The third-order valence-corrected chi connectivity index (χ3v) is 5.00. The Hall–Kier alpha value is -2.28. The highest BCUT2D eigenvalue weighted by Crippen LogP contribution is 2.28. The van der Waals surface area contributed by atoms with Gasteiger partial charge in [0.05, 0.1) is 0 Å². The van der Waals surface area contributed by atoms with Gasteiger partial charge in [0.25, 0.3) is 5.56 Å². The number of rotatable bonds is 5. The Morgan fingerprint density at radius 2 is 1.70 bits per heavy atom. The van der Waals surface area contributed by atoms with Crippen LogP contribution in [0.15, 0.2) is 53.5 Å². The van der Waals surface area contributed by atoms with Crippen molar-refractivity contribution in [3.8, 4) is 5.75 Å². The number of ether oxygens (including phenoxy) is 1. The van der Waals surface area contributed by atoms with E-state index in [-0.39, 0.29) is 12.1 Å². The predicted octanol–water partition coefficient (Wildman–Crippen LogP) is 3.80. The van der Waals surface area contributed by atoms with Gasteiger partial charge in [0.2, 0.25) is 0 Å². The second-order valence-corrected chi connectivity index (χ2v) is 7.12. The van der Waals surface area contributed by atoms with Crippen molar-refractivity contribution in [2.45, 2.75) is 38.1 Å². The molecule has 1 aromatic carbocycles. The highest BCUT2D eigenvalue weighted by molar-refractivity contribution is 5.22. The molecule has 0 spiro atoms. The molecule has 7 heteroatoms. The summed E-state index contributed by atoms with van der Waals surface area (Å²) in [7, 11) is 0. The molecule has 0 unspecified atom stereocenters. The molecule has 0 radical (unpaired) electrons. The second kappa shape index (κ2) is 7.76. The van der Waals surface area contributed by atoms with Crippen LogP contribution >= 0.6 is 0 Å². The average Bonchev–Trinajstić information content (AvgIpc) is 2.62. The monoisotopic (exact) mass is 380 g/mol. The lowest BCUT2D eigenvalue weighted by atomic mass is 9.93. The maximum absolute atomic E-state index is 12.9. The number of alkyl halides is 3. The predicted molar refractivity (Wildman–Crippen MR) is 96.9 cm³/mol. The van der Waals surface area contributed by atoms with E-state index < -0.39 is 17.3 Å². The molecule has 146 valence electrons. The number of benzene rings is 1. The molecule has 0 N–H and O–H groups in total. The summed E-state index contributed by atoms with van der Waals surface area (Å²) >= 11 is 0. The summed E-state index contributed by atoms with van der Waals surface area (Å²) in [5.74, 6) is 0.837. The normalized spacial score (nSPS) is 17.6. The number of hydrogen-bond acceptors (Lipinski definition) is 3. The van der Waals surface area contributed by atoms with Gasteiger partial charge in [0, 0.05) is 32.4 Å². The van der Waals surface area contributed by atoms with Crippen LogP contribution in [0.2, 0.25) is 0 Å². The number of pyridine rings is 1. The van der Waals surface area contributed by atoms with Crippen LogP contribution in [-0.4, -0.2) is 34.7 Å². The van der Waals surface area contributed by atoms with E-state index in [0.717, 1.165) is 42.3 Å². The van der Waals surface area contributed by atoms with Crippen LogP contribution < -0.4 is 10.3 Å². The van der Waals surface area contributed by atoms with Crippen LogP contribution in [0, 0.1) is 0 Å². The largest absolute Gasteiger partial charge is 0.487 e. The number of piperidine rings is 1. The molecule has 0 saturated carbocycles. The Morgan fingerprint density at radius 3 is 2.33 bits per heavy atom. The van der Waals surface area contributed by atoms with Crippen molar-refractivity contribution in [1.29, 1.82) is 0 Å². The average molecular weight is 380 g/mol. The van der Waals surface area contributed by atoms with Gasteiger partial charge in [0.15, 0.2) is 0 Å². The molecule has 2 aromatic rings. The first kappa shape index (κ1) is 19.5. The van der Waals surface area contributed by atoms with E-state index in [1.807, 2.05) is 30.3 Å². The molecule has 0 bridgehead atoms. The molecule has 1 aromatic heterocycles. The van der Waals surface area contributed by atoms with Crippen LogP contribution in [0.4, 0.5) is 13.2 Å². The molecular formula is C20H23F3N2O2. The molecule has 0 atom stereocenters.